The standard InChI is InChI=1S/C21H37N3O2/c1-7-9-13-23(15-19-11-10-12-22(19)6)21(26)16-24(18(5)8-2)20(25)14-17(3)4/h10-12,17-18H,7-9,13-16H2,1-6H3. The van der Waals surface area contributed by atoms with Crippen LogP contribution in [0, 0.1) is 5.92 Å². The molecule has 1 heterocycles. The fourth-order valence-corrected chi connectivity index (χ4v) is 2.92. The number of unbranched alkanes of at least 4 members (excludes halogenated alkanes) is 1. The van der Waals surface area contributed by atoms with Crippen LogP contribution in [0.3, 0.4) is 0 Å². The van der Waals surface area contributed by atoms with Gasteiger partial charge in [0.2, 0.25) is 11.8 Å². The van der Waals surface area contributed by atoms with Crippen molar-refractivity contribution in [3.05, 3.63) is 24.0 Å². The topological polar surface area (TPSA) is 45.6 Å². The Hall–Kier alpha value is -1.78. The quantitative estimate of drug-likeness (QED) is 0.600. The zero-order valence-electron chi connectivity index (χ0n) is 17.5. The maximum atomic E-state index is 13.0. The lowest BCUT2D eigenvalue weighted by atomic mass is 10.1. The minimum absolute atomic E-state index is 0.0389. The molecule has 0 saturated carbocycles. The molecule has 0 spiro atoms. The Morgan fingerprint density at radius 2 is 1.85 bits per heavy atom. The van der Waals surface area contributed by atoms with Crippen molar-refractivity contribution in [2.45, 2.75) is 72.9 Å². The van der Waals surface area contributed by atoms with Crippen LogP contribution in [0.2, 0.25) is 0 Å². The highest BCUT2D eigenvalue weighted by atomic mass is 16.2. The molecule has 1 unspecified atom stereocenters. The molecule has 0 aliphatic heterocycles. The molecule has 0 N–H and O–H groups in total. The third kappa shape index (κ3) is 6.85. The van der Waals surface area contributed by atoms with E-state index in [2.05, 4.69) is 13.8 Å². The molecule has 2 amide bonds. The molecule has 0 aromatic carbocycles. The van der Waals surface area contributed by atoms with E-state index in [-0.39, 0.29) is 24.4 Å². The van der Waals surface area contributed by atoms with E-state index in [1.54, 1.807) is 4.90 Å². The number of aryl methyl sites for hydroxylation is 1. The molecule has 5 heteroatoms. The first-order chi connectivity index (χ1) is 12.3. The SMILES string of the molecule is CCCCN(Cc1cccn1C)C(=O)CN(C(=O)CC(C)C)C(C)CC. The molecule has 148 valence electrons. The third-order valence-corrected chi connectivity index (χ3v) is 4.87. The molecule has 5 nitrogen and oxygen atoms in total. The number of hydrogen-bond donors (Lipinski definition) is 0. The molecule has 26 heavy (non-hydrogen) atoms. The van der Waals surface area contributed by atoms with Crippen molar-refractivity contribution in [1.82, 2.24) is 14.4 Å². The Kier molecular flexibility index (Phi) is 9.46. The average Bonchev–Trinajstić information content (AvgIpc) is 2.99. The minimum Gasteiger partial charge on any atom is -0.353 e. The highest BCUT2D eigenvalue weighted by Gasteiger charge is 2.25. The molecule has 0 aliphatic carbocycles. The molecule has 0 aliphatic rings. The fourth-order valence-electron chi connectivity index (χ4n) is 2.92. The number of carbonyl (C=O) groups is 2. The Morgan fingerprint density at radius 3 is 2.35 bits per heavy atom. The van der Waals surface area contributed by atoms with Gasteiger partial charge in [-0.3, -0.25) is 9.59 Å². The largest absolute Gasteiger partial charge is 0.353 e. The van der Waals surface area contributed by atoms with E-state index < -0.39 is 0 Å². The summed E-state index contributed by atoms with van der Waals surface area (Å²) in [6.07, 6.45) is 5.35. The van der Waals surface area contributed by atoms with Gasteiger partial charge in [0.1, 0.15) is 0 Å². The summed E-state index contributed by atoms with van der Waals surface area (Å²) in [5, 5.41) is 0. The lowest BCUT2D eigenvalue weighted by Crippen LogP contribution is -2.47. The molecule has 1 atom stereocenters. The molecule has 0 radical (unpaired) electrons. The highest BCUT2D eigenvalue weighted by Crippen LogP contribution is 2.13. The molecular formula is C21H37N3O2. The monoisotopic (exact) mass is 363 g/mol. The summed E-state index contributed by atoms with van der Waals surface area (Å²) in [6, 6.07) is 4.12. The summed E-state index contributed by atoms with van der Waals surface area (Å²) in [7, 11) is 2.00. The van der Waals surface area contributed by atoms with Gasteiger partial charge in [0, 0.05) is 37.9 Å². The van der Waals surface area contributed by atoms with Gasteiger partial charge in [0.05, 0.1) is 13.1 Å². The van der Waals surface area contributed by atoms with Gasteiger partial charge in [-0.15, -0.1) is 0 Å². The maximum absolute atomic E-state index is 13.0. The van der Waals surface area contributed by atoms with E-state index in [0.717, 1.165) is 31.5 Å². The Labute approximate surface area is 159 Å². The van der Waals surface area contributed by atoms with Crippen molar-refractivity contribution in [1.29, 1.82) is 0 Å². The molecule has 1 aromatic rings. The number of aromatic nitrogens is 1. The number of nitrogens with zero attached hydrogens (tertiary/aromatic N) is 3. The number of hydrogen-bond acceptors (Lipinski definition) is 2. The fraction of sp³-hybridized carbons (Fsp3) is 0.714. The van der Waals surface area contributed by atoms with Crippen molar-refractivity contribution in [3.8, 4) is 0 Å². The van der Waals surface area contributed by atoms with Gasteiger partial charge in [-0.05, 0) is 37.8 Å². The Balaban J connectivity index is 2.88. The van der Waals surface area contributed by atoms with Crippen LogP contribution in [-0.4, -0.2) is 45.3 Å². The van der Waals surface area contributed by atoms with Crippen LogP contribution in [0.1, 0.15) is 66.0 Å². The smallest absolute Gasteiger partial charge is 0.242 e. The van der Waals surface area contributed by atoms with E-state index in [0.29, 0.717) is 18.9 Å². The van der Waals surface area contributed by atoms with Gasteiger partial charge in [0.15, 0.2) is 0 Å². The van der Waals surface area contributed by atoms with Crippen LogP contribution >= 0.6 is 0 Å². The van der Waals surface area contributed by atoms with Crippen molar-refractivity contribution >= 4 is 11.8 Å². The van der Waals surface area contributed by atoms with E-state index in [4.69, 9.17) is 0 Å². The normalized spacial score (nSPS) is 12.3. The summed E-state index contributed by atoms with van der Waals surface area (Å²) in [6.45, 7) is 11.8. The Morgan fingerprint density at radius 1 is 1.15 bits per heavy atom. The number of rotatable bonds is 11. The highest BCUT2D eigenvalue weighted by molar-refractivity contribution is 5.85. The summed E-state index contributed by atoms with van der Waals surface area (Å²) in [4.78, 5) is 29.3. The molecule has 1 rings (SSSR count). The van der Waals surface area contributed by atoms with Gasteiger partial charge in [-0.2, -0.15) is 0 Å². The van der Waals surface area contributed by atoms with E-state index in [1.165, 1.54) is 0 Å². The van der Waals surface area contributed by atoms with Gasteiger partial charge in [-0.1, -0.05) is 34.1 Å². The second kappa shape index (κ2) is 11.0. The summed E-state index contributed by atoms with van der Waals surface area (Å²) in [5.41, 5.74) is 1.11. The van der Waals surface area contributed by atoms with Gasteiger partial charge < -0.3 is 14.4 Å². The van der Waals surface area contributed by atoms with Gasteiger partial charge in [0.25, 0.3) is 0 Å². The second-order valence-electron chi connectivity index (χ2n) is 7.66. The van der Waals surface area contributed by atoms with Crippen LogP contribution in [-0.2, 0) is 23.2 Å². The van der Waals surface area contributed by atoms with E-state index >= 15 is 0 Å². The molecule has 0 fully saturated rings. The predicted molar refractivity (Wildman–Crippen MR) is 107 cm³/mol. The first-order valence-corrected chi connectivity index (χ1v) is 9.97. The van der Waals surface area contributed by atoms with Gasteiger partial charge in [-0.25, -0.2) is 0 Å². The lowest BCUT2D eigenvalue weighted by Gasteiger charge is -2.32. The van der Waals surface area contributed by atoms with E-state index in [9.17, 15) is 9.59 Å². The zero-order valence-corrected chi connectivity index (χ0v) is 17.5. The predicted octanol–water partition coefficient (Wildman–Crippen LogP) is 3.83. The van der Waals surface area contributed by atoms with Crippen LogP contribution in [0.15, 0.2) is 18.3 Å². The van der Waals surface area contributed by atoms with Crippen molar-refractivity contribution in [2.24, 2.45) is 13.0 Å². The van der Waals surface area contributed by atoms with E-state index in [1.807, 2.05) is 55.6 Å². The molecular weight excluding hydrogens is 326 g/mol. The average molecular weight is 364 g/mol. The van der Waals surface area contributed by atoms with Crippen molar-refractivity contribution in [2.75, 3.05) is 13.1 Å². The van der Waals surface area contributed by atoms with Crippen LogP contribution in [0.5, 0.6) is 0 Å². The zero-order chi connectivity index (χ0) is 19.7. The minimum atomic E-state index is 0.0389. The van der Waals surface area contributed by atoms with Crippen LogP contribution in [0.25, 0.3) is 0 Å². The first kappa shape index (κ1) is 22.3. The van der Waals surface area contributed by atoms with Crippen LogP contribution in [0.4, 0.5) is 0 Å². The van der Waals surface area contributed by atoms with Crippen molar-refractivity contribution in [3.63, 3.8) is 0 Å². The second-order valence-corrected chi connectivity index (χ2v) is 7.66. The Bertz CT molecular complexity index is 565. The summed E-state index contributed by atoms with van der Waals surface area (Å²) < 4.78 is 2.04. The number of amides is 2. The summed E-state index contributed by atoms with van der Waals surface area (Å²) in [5.74, 6) is 0.415. The third-order valence-electron chi connectivity index (χ3n) is 4.87. The lowest BCUT2D eigenvalue weighted by molar-refractivity contribution is -0.143. The van der Waals surface area contributed by atoms with Crippen molar-refractivity contribution < 1.29 is 9.59 Å². The molecule has 0 saturated heterocycles. The first-order valence-electron chi connectivity index (χ1n) is 9.97. The molecule has 0 bridgehead atoms. The molecule has 1 aromatic heterocycles. The summed E-state index contributed by atoms with van der Waals surface area (Å²) >= 11 is 0. The van der Waals surface area contributed by atoms with Crippen LogP contribution < -0.4 is 0 Å². The number of carbonyl (C=O) groups excluding carboxylic acids is 2. The van der Waals surface area contributed by atoms with Gasteiger partial charge >= 0.3 is 0 Å². The maximum Gasteiger partial charge on any atom is 0.242 e.